The number of hydrogen-bond acceptors (Lipinski definition) is 8. The highest BCUT2D eigenvalue weighted by molar-refractivity contribution is 5.91. The minimum absolute atomic E-state index is 0.0265. The molecule has 4 atom stereocenters. The van der Waals surface area contributed by atoms with Crippen molar-refractivity contribution in [2.75, 3.05) is 19.7 Å². The van der Waals surface area contributed by atoms with Gasteiger partial charge in [-0.1, -0.05) is 74.5 Å². The number of rotatable bonds is 20. The van der Waals surface area contributed by atoms with Crippen LogP contribution < -0.4 is 32.7 Å². The first kappa shape index (κ1) is 38.5. The molecule has 2 aromatic carbocycles. The Labute approximate surface area is 275 Å². The van der Waals surface area contributed by atoms with Gasteiger partial charge in [-0.3, -0.25) is 19.4 Å². The molecule has 14 nitrogen and oxygen atoms in total. The first-order valence-corrected chi connectivity index (χ1v) is 15.7. The van der Waals surface area contributed by atoms with Crippen molar-refractivity contribution in [3.05, 3.63) is 71.8 Å². The average Bonchev–Trinajstić information content (AvgIpc) is 3.04. The van der Waals surface area contributed by atoms with Gasteiger partial charge in [-0.05, 0) is 42.7 Å². The Morgan fingerprint density at radius 3 is 2.09 bits per heavy atom. The fourth-order valence-corrected chi connectivity index (χ4v) is 4.64. The number of aliphatic hydroxyl groups excluding tert-OH is 2. The quantitative estimate of drug-likeness (QED) is 0.0562. The lowest BCUT2D eigenvalue weighted by molar-refractivity contribution is -0.132. The molecule has 0 saturated carbocycles. The largest absolute Gasteiger partial charge is 0.445 e. The lowest BCUT2D eigenvalue weighted by Crippen LogP contribution is -2.57. The van der Waals surface area contributed by atoms with Crippen molar-refractivity contribution in [1.82, 2.24) is 21.3 Å². The van der Waals surface area contributed by atoms with Gasteiger partial charge in [-0.2, -0.15) is 0 Å². The number of aliphatic hydroxyl groups is 2. The summed E-state index contributed by atoms with van der Waals surface area (Å²) in [4.78, 5) is 55.4. The number of guanidine groups is 1. The molecule has 0 aliphatic heterocycles. The van der Waals surface area contributed by atoms with E-state index in [2.05, 4.69) is 26.3 Å². The molecule has 10 N–H and O–H groups in total. The first-order valence-electron chi connectivity index (χ1n) is 15.7. The zero-order valence-corrected chi connectivity index (χ0v) is 27.1. The van der Waals surface area contributed by atoms with Crippen LogP contribution in [-0.4, -0.2) is 83.9 Å². The summed E-state index contributed by atoms with van der Waals surface area (Å²) in [7, 11) is 0. The zero-order valence-electron chi connectivity index (χ0n) is 27.1. The van der Waals surface area contributed by atoms with Gasteiger partial charge in [-0.15, -0.1) is 0 Å². The Kier molecular flexibility index (Phi) is 17.3. The van der Waals surface area contributed by atoms with Crippen LogP contribution in [0.4, 0.5) is 4.79 Å². The molecule has 258 valence electrons. The van der Waals surface area contributed by atoms with Crippen molar-refractivity contribution < 1.29 is 34.1 Å². The molecule has 0 fully saturated rings. The maximum atomic E-state index is 13.2. The van der Waals surface area contributed by atoms with Crippen LogP contribution in [0.15, 0.2) is 65.7 Å². The maximum Gasteiger partial charge on any atom is 0.408 e. The van der Waals surface area contributed by atoms with Gasteiger partial charge >= 0.3 is 6.09 Å². The van der Waals surface area contributed by atoms with E-state index in [1.807, 2.05) is 50.2 Å². The van der Waals surface area contributed by atoms with E-state index in [0.29, 0.717) is 25.8 Å². The van der Waals surface area contributed by atoms with Gasteiger partial charge in [-0.25, -0.2) is 4.79 Å². The van der Waals surface area contributed by atoms with Gasteiger partial charge in [0.15, 0.2) is 5.96 Å². The minimum Gasteiger partial charge on any atom is -0.445 e. The smallest absolute Gasteiger partial charge is 0.408 e. The zero-order chi connectivity index (χ0) is 34.6. The van der Waals surface area contributed by atoms with Crippen LogP contribution >= 0.6 is 0 Å². The van der Waals surface area contributed by atoms with Gasteiger partial charge in [0.25, 0.3) is 0 Å². The van der Waals surface area contributed by atoms with E-state index < -0.39 is 48.7 Å². The van der Waals surface area contributed by atoms with E-state index in [1.54, 1.807) is 24.3 Å². The molecule has 0 aliphatic rings. The molecule has 2 aromatic rings. The number of benzene rings is 2. The topological polar surface area (TPSA) is 230 Å². The number of carbonyl (C=O) groups is 4. The maximum absolute atomic E-state index is 13.2. The fraction of sp³-hybridized carbons (Fsp3) is 0.485. The lowest BCUT2D eigenvalue weighted by Gasteiger charge is -2.28. The number of ether oxygens (including phenoxy) is 1. The summed E-state index contributed by atoms with van der Waals surface area (Å²) in [6.45, 7) is 3.57. The molecule has 0 bridgehead atoms. The Morgan fingerprint density at radius 2 is 1.49 bits per heavy atom. The van der Waals surface area contributed by atoms with E-state index in [4.69, 9.17) is 16.2 Å². The average molecular weight is 656 g/mol. The molecule has 2 rings (SSSR count). The summed E-state index contributed by atoms with van der Waals surface area (Å²) in [5.74, 6) is -1.97. The van der Waals surface area contributed by atoms with Gasteiger partial charge in [0.05, 0.1) is 25.2 Å². The molecular weight excluding hydrogens is 606 g/mol. The normalized spacial score (nSPS) is 13.4. The number of nitrogens with two attached hydrogens (primary N) is 2. The van der Waals surface area contributed by atoms with Crippen molar-refractivity contribution in [3.8, 4) is 0 Å². The van der Waals surface area contributed by atoms with Crippen LogP contribution in [-0.2, 0) is 32.1 Å². The molecule has 0 heterocycles. The van der Waals surface area contributed by atoms with Gasteiger partial charge in [0.2, 0.25) is 17.7 Å². The van der Waals surface area contributed by atoms with Crippen molar-refractivity contribution >= 4 is 29.8 Å². The predicted molar refractivity (Wildman–Crippen MR) is 178 cm³/mol. The summed E-state index contributed by atoms with van der Waals surface area (Å²) in [6, 6.07) is 15.2. The first-order chi connectivity index (χ1) is 22.5. The van der Waals surface area contributed by atoms with E-state index in [9.17, 15) is 29.4 Å². The highest BCUT2D eigenvalue weighted by Crippen LogP contribution is 2.12. The Hall–Kier alpha value is -4.69. The number of amides is 4. The van der Waals surface area contributed by atoms with E-state index >= 15 is 0 Å². The molecule has 47 heavy (non-hydrogen) atoms. The summed E-state index contributed by atoms with van der Waals surface area (Å²) >= 11 is 0. The summed E-state index contributed by atoms with van der Waals surface area (Å²) in [6.07, 6.45) is -0.978. The molecule has 0 aromatic heterocycles. The van der Waals surface area contributed by atoms with E-state index in [0.717, 1.165) is 11.1 Å². The van der Waals surface area contributed by atoms with Crippen molar-refractivity contribution in [3.63, 3.8) is 0 Å². The third kappa shape index (κ3) is 15.9. The van der Waals surface area contributed by atoms with Crippen molar-refractivity contribution in [1.29, 1.82) is 0 Å². The van der Waals surface area contributed by atoms with Crippen LogP contribution in [0.25, 0.3) is 0 Å². The van der Waals surface area contributed by atoms with Crippen LogP contribution in [0.5, 0.6) is 0 Å². The Balaban J connectivity index is 2.00. The molecular formula is C33H49N7O7. The van der Waals surface area contributed by atoms with Crippen LogP contribution in [0.1, 0.15) is 50.7 Å². The van der Waals surface area contributed by atoms with Gasteiger partial charge in [0, 0.05) is 13.1 Å². The number of nitrogens with zero attached hydrogens (tertiary/aromatic N) is 1. The fourth-order valence-electron chi connectivity index (χ4n) is 4.64. The highest BCUT2D eigenvalue weighted by Gasteiger charge is 2.30. The highest BCUT2D eigenvalue weighted by atomic mass is 16.5. The second-order valence-corrected chi connectivity index (χ2v) is 11.6. The van der Waals surface area contributed by atoms with E-state index in [1.165, 1.54) is 0 Å². The van der Waals surface area contributed by atoms with Crippen LogP contribution in [0.2, 0.25) is 0 Å². The second kappa shape index (κ2) is 21.2. The SMILES string of the molecule is CC(C)C[C@H](NC(=O)[C@H](CO)NC(=O)[C@H](CCCN=C(N)N)NC(=O)OCc1ccccc1)[C@@H](O)CC(=O)NCCc1ccccc1. The number of carbonyl (C=O) groups excluding carboxylic acids is 4. The Morgan fingerprint density at radius 1 is 0.872 bits per heavy atom. The molecule has 0 aliphatic carbocycles. The van der Waals surface area contributed by atoms with Crippen molar-refractivity contribution in [2.24, 2.45) is 22.4 Å². The Bertz CT molecular complexity index is 1270. The van der Waals surface area contributed by atoms with Gasteiger partial charge in [0.1, 0.15) is 18.7 Å². The van der Waals surface area contributed by atoms with Crippen molar-refractivity contribution in [2.45, 2.75) is 76.8 Å². The number of hydrogen-bond donors (Lipinski definition) is 8. The molecule has 4 amide bonds. The second-order valence-electron chi connectivity index (χ2n) is 11.6. The molecule has 0 unspecified atom stereocenters. The number of alkyl carbamates (subject to hydrolysis) is 1. The van der Waals surface area contributed by atoms with Crippen LogP contribution in [0, 0.1) is 5.92 Å². The number of aliphatic imine (C=N–C) groups is 1. The summed E-state index contributed by atoms with van der Waals surface area (Å²) < 4.78 is 5.24. The summed E-state index contributed by atoms with van der Waals surface area (Å²) in [5.41, 5.74) is 12.5. The van der Waals surface area contributed by atoms with Crippen LogP contribution in [0.3, 0.4) is 0 Å². The predicted octanol–water partition coefficient (Wildman–Crippen LogP) is 0.453. The molecule has 0 radical (unpaired) electrons. The summed E-state index contributed by atoms with van der Waals surface area (Å²) in [5, 5.41) is 31.3. The minimum atomic E-state index is -1.41. The van der Waals surface area contributed by atoms with E-state index in [-0.39, 0.29) is 43.8 Å². The number of nitrogens with one attached hydrogen (secondary N) is 4. The van der Waals surface area contributed by atoms with Gasteiger partial charge < -0.3 is 47.7 Å². The molecule has 0 spiro atoms. The molecule has 0 saturated heterocycles. The standard InChI is InChI=1S/C33H49N7O7/c1-22(2)18-26(28(42)19-29(43)36-17-15-23-10-5-3-6-11-23)38-31(45)27(20-41)39-30(44)25(14-9-16-37-32(34)35)40-33(46)47-21-24-12-7-4-8-13-24/h3-8,10-13,22,25-28,41-42H,9,14-21H2,1-2H3,(H,36,43)(H,38,45)(H,39,44)(H,40,46)(H4,34,35,37)/t25-,26-,27-,28-/m0/s1. The third-order valence-electron chi connectivity index (χ3n) is 7.07. The lowest BCUT2D eigenvalue weighted by atomic mass is 9.96. The monoisotopic (exact) mass is 655 g/mol. The third-order valence-corrected chi connectivity index (χ3v) is 7.07. The molecule has 14 heteroatoms.